The molecule has 0 N–H and O–H groups in total. The van der Waals surface area contributed by atoms with Crippen LogP contribution in [0.4, 0.5) is 4.79 Å². The van der Waals surface area contributed by atoms with E-state index in [1.54, 1.807) is 7.05 Å². The predicted octanol–water partition coefficient (Wildman–Crippen LogP) is 3.47. The van der Waals surface area contributed by atoms with Gasteiger partial charge in [-0.15, -0.1) is 6.42 Å². The Hall–Kier alpha value is -2.93. The van der Waals surface area contributed by atoms with Gasteiger partial charge in [-0.05, 0) is 11.6 Å². The molecule has 0 heterocycles. The molecule has 23 heavy (non-hydrogen) atoms. The Kier molecular flexibility index (Phi) is 6.07. The minimum atomic E-state index is -0.388. The van der Waals surface area contributed by atoms with E-state index in [0.717, 1.165) is 11.1 Å². The number of hydrogen-bond acceptors (Lipinski definition) is 3. The van der Waals surface area contributed by atoms with Gasteiger partial charge in [0.15, 0.2) is 0 Å². The lowest BCUT2D eigenvalue weighted by Crippen LogP contribution is -2.27. The van der Waals surface area contributed by atoms with E-state index in [1.165, 1.54) is 4.90 Å². The van der Waals surface area contributed by atoms with Crippen LogP contribution in [0.15, 0.2) is 54.6 Å². The summed E-state index contributed by atoms with van der Waals surface area (Å²) in [5.41, 5.74) is 1.83. The first-order valence-electron chi connectivity index (χ1n) is 7.26. The molecule has 4 nitrogen and oxygen atoms in total. The lowest BCUT2D eigenvalue weighted by molar-refractivity contribution is 0.102. The Morgan fingerprint density at radius 1 is 1.13 bits per heavy atom. The third kappa shape index (κ3) is 5.08. The van der Waals surface area contributed by atoms with E-state index < -0.39 is 0 Å². The minimum absolute atomic E-state index is 0.194. The predicted molar refractivity (Wildman–Crippen MR) is 88.9 cm³/mol. The van der Waals surface area contributed by atoms with E-state index in [9.17, 15) is 4.79 Å². The maximum absolute atomic E-state index is 12.1. The largest absolute Gasteiger partial charge is 0.481 e. The summed E-state index contributed by atoms with van der Waals surface area (Å²) in [5, 5.41) is 0. The number of carbonyl (C=O) groups is 1. The number of rotatable bonds is 6. The van der Waals surface area contributed by atoms with Crippen LogP contribution in [0.25, 0.3) is 0 Å². The second-order valence-electron chi connectivity index (χ2n) is 5.00. The van der Waals surface area contributed by atoms with Crippen molar-refractivity contribution in [3.63, 3.8) is 0 Å². The molecule has 0 fully saturated rings. The fourth-order valence-corrected chi connectivity index (χ4v) is 2.04. The van der Waals surface area contributed by atoms with Gasteiger partial charge in [0.25, 0.3) is 0 Å². The molecule has 0 saturated carbocycles. The fourth-order valence-electron chi connectivity index (χ4n) is 2.04. The first-order chi connectivity index (χ1) is 11.2. The second kappa shape index (κ2) is 8.50. The van der Waals surface area contributed by atoms with Gasteiger partial charge >= 0.3 is 6.09 Å². The van der Waals surface area contributed by atoms with Crippen LogP contribution in [0.2, 0.25) is 0 Å². The van der Waals surface area contributed by atoms with Crippen molar-refractivity contribution in [3.05, 3.63) is 65.7 Å². The third-order valence-corrected chi connectivity index (χ3v) is 3.21. The number of benzene rings is 2. The van der Waals surface area contributed by atoms with Crippen LogP contribution in [0.5, 0.6) is 5.75 Å². The van der Waals surface area contributed by atoms with Gasteiger partial charge in [0.2, 0.25) is 0 Å². The molecule has 0 atom stereocenters. The Balaban J connectivity index is 1.92. The molecule has 2 aromatic carbocycles. The molecule has 0 spiro atoms. The highest BCUT2D eigenvalue weighted by Gasteiger charge is 2.13. The van der Waals surface area contributed by atoms with Gasteiger partial charge in [0, 0.05) is 12.6 Å². The standard InChI is InChI=1S/C19H19NO3/c1-3-13-22-18-12-8-7-11-17(18)14-20(2)19(21)23-15-16-9-5-4-6-10-16/h1,4-12H,13-15H2,2H3. The number of amides is 1. The van der Waals surface area contributed by atoms with Crippen LogP contribution in [-0.4, -0.2) is 24.6 Å². The highest BCUT2D eigenvalue weighted by Crippen LogP contribution is 2.19. The number of para-hydroxylation sites is 1. The molecule has 2 rings (SSSR count). The number of hydrogen-bond donors (Lipinski definition) is 0. The highest BCUT2D eigenvalue weighted by molar-refractivity contribution is 5.67. The third-order valence-electron chi connectivity index (χ3n) is 3.21. The molecule has 0 bridgehead atoms. The fraction of sp³-hybridized carbons (Fsp3) is 0.211. The summed E-state index contributed by atoms with van der Waals surface area (Å²) in [7, 11) is 1.69. The maximum atomic E-state index is 12.1. The molecule has 2 aromatic rings. The van der Waals surface area contributed by atoms with Crippen LogP contribution in [-0.2, 0) is 17.9 Å². The zero-order chi connectivity index (χ0) is 16.5. The molecule has 0 aliphatic carbocycles. The van der Waals surface area contributed by atoms with Crippen molar-refractivity contribution in [2.75, 3.05) is 13.7 Å². The Labute approximate surface area is 136 Å². The number of terminal acetylenes is 1. The van der Waals surface area contributed by atoms with Crippen LogP contribution in [0.1, 0.15) is 11.1 Å². The monoisotopic (exact) mass is 309 g/mol. The smallest absolute Gasteiger partial charge is 0.410 e. The summed E-state index contributed by atoms with van der Waals surface area (Å²) in [4.78, 5) is 13.6. The van der Waals surface area contributed by atoms with Crippen LogP contribution < -0.4 is 4.74 Å². The minimum Gasteiger partial charge on any atom is -0.481 e. The lowest BCUT2D eigenvalue weighted by Gasteiger charge is -2.18. The van der Waals surface area contributed by atoms with E-state index >= 15 is 0 Å². The molecular formula is C19H19NO3. The quantitative estimate of drug-likeness (QED) is 0.767. The average molecular weight is 309 g/mol. The lowest BCUT2D eigenvalue weighted by atomic mass is 10.2. The molecular weight excluding hydrogens is 290 g/mol. The first-order valence-corrected chi connectivity index (χ1v) is 7.26. The van der Waals surface area contributed by atoms with E-state index in [-0.39, 0.29) is 19.3 Å². The van der Waals surface area contributed by atoms with Crippen molar-refractivity contribution in [2.24, 2.45) is 0 Å². The van der Waals surface area contributed by atoms with Gasteiger partial charge < -0.3 is 14.4 Å². The van der Waals surface area contributed by atoms with Crippen molar-refractivity contribution in [3.8, 4) is 18.1 Å². The molecule has 118 valence electrons. The van der Waals surface area contributed by atoms with Crippen molar-refractivity contribution in [1.29, 1.82) is 0 Å². The Morgan fingerprint density at radius 3 is 2.57 bits per heavy atom. The van der Waals surface area contributed by atoms with Gasteiger partial charge in [-0.25, -0.2) is 4.79 Å². The van der Waals surface area contributed by atoms with Crippen molar-refractivity contribution < 1.29 is 14.3 Å². The number of carbonyl (C=O) groups excluding carboxylic acids is 1. The first kappa shape index (κ1) is 16.4. The molecule has 0 saturated heterocycles. The molecule has 1 amide bonds. The summed E-state index contributed by atoms with van der Waals surface area (Å²) < 4.78 is 10.8. The summed E-state index contributed by atoms with van der Waals surface area (Å²) in [6, 6.07) is 17.0. The van der Waals surface area contributed by atoms with Crippen molar-refractivity contribution in [2.45, 2.75) is 13.2 Å². The summed E-state index contributed by atoms with van der Waals surface area (Å²) in [6.45, 7) is 0.826. The summed E-state index contributed by atoms with van der Waals surface area (Å²) in [5.74, 6) is 3.10. The zero-order valence-corrected chi connectivity index (χ0v) is 13.1. The average Bonchev–Trinajstić information content (AvgIpc) is 2.59. The highest BCUT2D eigenvalue weighted by atomic mass is 16.6. The van der Waals surface area contributed by atoms with Crippen molar-refractivity contribution >= 4 is 6.09 Å². The maximum Gasteiger partial charge on any atom is 0.410 e. The summed E-state index contributed by atoms with van der Waals surface area (Å²) >= 11 is 0. The van der Waals surface area contributed by atoms with Gasteiger partial charge in [-0.2, -0.15) is 0 Å². The van der Waals surface area contributed by atoms with E-state index in [2.05, 4.69) is 5.92 Å². The zero-order valence-electron chi connectivity index (χ0n) is 13.1. The SMILES string of the molecule is C#CCOc1ccccc1CN(C)C(=O)OCc1ccccc1. The van der Waals surface area contributed by atoms with Crippen molar-refractivity contribution in [1.82, 2.24) is 4.90 Å². The van der Waals surface area contributed by atoms with Gasteiger partial charge in [-0.3, -0.25) is 0 Å². The summed E-state index contributed by atoms with van der Waals surface area (Å²) in [6.07, 6.45) is 4.82. The molecule has 0 aliphatic rings. The Bertz CT molecular complexity index is 677. The Morgan fingerprint density at radius 2 is 1.83 bits per heavy atom. The number of nitrogens with zero attached hydrogens (tertiary/aromatic N) is 1. The molecule has 0 radical (unpaired) electrons. The molecule has 4 heteroatoms. The van der Waals surface area contributed by atoms with E-state index in [1.807, 2.05) is 54.6 Å². The van der Waals surface area contributed by atoms with Crippen LogP contribution in [0.3, 0.4) is 0 Å². The van der Waals surface area contributed by atoms with E-state index in [4.69, 9.17) is 15.9 Å². The van der Waals surface area contributed by atoms with Gasteiger partial charge in [0.05, 0.1) is 6.54 Å². The topological polar surface area (TPSA) is 38.8 Å². The van der Waals surface area contributed by atoms with E-state index in [0.29, 0.717) is 12.3 Å². The van der Waals surface area contributed by atoms with Crippen LogP contribution in [0, 0.1) is 12.3 Å². The second-order valence-corrected chi connectivity index (χ2v) is 5.00. The van der Waals surface area contributed by atoms with Crippen LogP contribution >= 0.6 is 0 Å². The van der Waals surface area contributed by atoms with Gasteiger partial charge in [-0.1, -0.05) is 54.5 Å². The normalized spacial score (nSPS) is 9.74. The molecule has 0 unspecified atom stereocenters. The van der Waals surface area contributed by atoms with Gasteiger partial charge in [0.1, 0.15) is 19.0 Å². The molecule has 0 aliphatic heterocycles. The molecule has 0 aromatic heterocycles. The number of ether oxygens (including phenoxy) is 2.